The van der Waals surface area contributed by atoms with E-state index in [4.69, 9.17) is 11.6 Å². The van der Waals surface area contributed by atoms with Gasteiger partial charge < -0.3 is 0 Å². The van der Waals surface area contributed by atoms with E-state index in [9.17, 15) is 21.6 Å². The molecule has 3 aromatic heterocycles. The van der Waals surface area contributed by atoms with Gasteiger partial charge in [0.2, 0.25) is 0 Å². The normalized spacial score (nSPS) is 12.1. The molecule has 13 heteroatoms. The Hall–Kier alpha value is -2.96. The van der Waals surface area contributed by atoms with Crippen LogP contribution in [0.1, 0.15) is 5.69 Å². The molecule has 0 unspecified atom stereocenters. The third-order valence-electron chi connectivity index (χ3n) is 4.09. The molecular formula is C18H11ClF3N5O2S2. The summed E-state index contributed by atoms with van der Waals surface area (Å²) in [7, 11) is -4.30. The highest BCUT2D eigenvalue weighted by Gasteiger charge is 2.36. The van der Waals surface area contributed by atoms with Crippen molar-refractivity contribution in [2.45, 2.75) is 11.2 Å². The van der Waals surface area contributed by atoms with E-state index in [1.165, 1.54) is 47.9 Å². The summed E-state index contributed by atoms with van der Waals surface area (Å²) in [6, 6.07) is 9.38. The number of nitrogens with zero attached hydrogens (tertiary/aromatic N) is 4. The van der Waals surface area contributed by atoms with Crippen LogP contribution in [0.15, 0.2) is 64.6 Å². The van der Waals surface area contributed by atoms with Crippen LogP contribution in [0.2, 0.25) is 5.02 Å². The minimum absolute atomic E-state index is 0.154. The lowest BCUT2D eigenvalue weighted by atomic mass is 10.1. The van der Waals surface area contributed by atoms with Crippen molar-refractivity contribution in [2.24, 2.45) is 0 Å². The third kappa shape index (κ3) is 4.40. The summed E-state index contributed by atoms with van der Waals surface area (Å²) in [6.45, 7) is 0. The Morgan fingerprint density at radius 3 is 2.52 bits per heavy atom. The molecule has 4 aromatic rings. The van der Waals surface area contributed by atoms with Gasteiger partial charge in [-0.25, -0.2) is 9.97 Å². The van der Waals surface area contributed by atoms with Gasteiger partial charge in [0.05, 0.1) is 21.9 Å². The lowest BCUT2D eigenvalue weighted by molar-refractivity contribution is -0.141. The molecule has 3 heterocycles. The van der Waals surface area contributed by atoms with Gasteiger partial charge in [-0.1, -0.05) is 29.8 Å². The number of hydrogen-bond acceptors (Lipinski definition) is 6. The van der Waals surface area contributed by atoms with Crippen molar-refractivity contribution in [1.29, 1.82) is 0 Å². The van der Waals surface area contributed by atoms with Gasteiger partial charge in [-0.3, -0.25) is 0 Å². The fourth-order valence-corrected chi connectivity index (χ4v) is 4.44. The van der Waals surface area contributed by atoms with Gasteiger partial charge in [-0.15, -0.1) is 16.4 Å². The molecule has 0 amide bonds. The monoisotopic (exact) mass is 485 g/mol. The van der Waals surface area contributed by atoms with E-state index in [2.05, 4.69) is 15.1 Å². The van der Waals surface area contributed by atoms with Gasteiger partial charge >= 0.3 is 6.18 Å². The van der Waals surface area contributed by atoms with E-state index in [1.807, 2.05) is 4.83 Å². The Balaban J connectivity index is 1.79. The fraction of sp³-hybridized carbons (Fsp3) is 0.0556. The summed E-state index contributed by atoms with van der Waals surface area (Å²) in [5.74, 6) is 0. The van der Waals surface area contributed by atoms with Gasteiger partial charge in [0.15, 0.2) is 10.7 Å². The first-order chi connectivity index (χ1) is 14.6. The van der Waals surface area contributed by atoms with Gasteiger partial charge in [0.1, 0.15) is 0 Å². The Labute approximate surface area is 183 Å². The maximum absolute atomic E-state index is 13.3. The zero-order valence-electron chi connectivity index (χ0n) is 15.2. The van der Waals surface area contributed by atoms with Gasteiger partial charge in [-0.2, -0.15) is 31.2 Å². The maximum Gasteiger partial charge on any atom is 0.435 e. The molecule has 0 saturated heterocycles. The summed E-state index contributed by atoms with van der Waals surface area (Å²) in [6.07, 6.45) is -3.54. The van der Waals surface area contributed by atoms with Crippen LogP contribution in [0, 0.1) is 0 Å². The van der Waals surface area contributed by atoms with E-state index in [-0.39, 0.29) is 21.3 Å². The highest BCUT2D eigenvalue weighted by molar-refractivity contribution is 7.92. The number of aromatic nitrogens is 4. The molecule has 7 nitrogen and oxygen atoms in total. The Morgan fingerprint density at radius 2 is 1.90 bits per heavy atom. The minimum atomic E-state index is -4.79. The molecule has 1 aromatic carbocycles. The summed E-state index contributed by atoms with van der Waals surface area (Å²) < 4.78 is 65.0. The molecule has 0 aliphatic heterocycles. The van der Waals surface area contributed by atoms with Crippen LogP contribution in [0.4, 0.5) is 13.2 Å². The second-order valence-corrected chi connectivity index (χ2v) is 8.89. The average molecular weight is 486 g/mol. The first-order valence-corrected chi connectivity index (χ1v) is 11.3. The molecule has 160 valence electrons. The number of sulfonamides is 1. The van der Waals surface area contributed by atoms with Crippen LogP contribution in [-0.2, 0) is 16.2 Å². The SMILES string of the molecule is O=S(=O)(Nn1nc(C(F)(F)F)cc1-c1ccc(-c2cscn2)c(Cl)c1)c1ccccn1. The largest absolute Gasteiger partial charge is 0.435 e. The fourth-order valence-electron chi connectivity index (χ4n) is 2.69. The molecule has 0 radical (unpaired) electrons. The van der Waals surface area contributed by atoms with Gasteiger partial charge in [0, 0.05) is 22.7 Å². The quantitative estimate of drug-likeness (QED) is 0.443. The standard InChI is InChI=1S/C18H11ClF3N5O2S2/c19-13-7-11(4-5-12(13)14-9-30-10-24-14)15-8-16(18(20,21)22)25-27(15)26-31(28,29)17-3-1-2-6-23-17/h1-10,26H. The van der Waals surface area contributed by atoms with Crippen LogP contribution >= 0.6 is 22.9 Å². The molecule has 0 aliphatic carbocycles. The molecule has 4 rings (SSSR count). The number of thiazole rings is 1. The number of halogens is 4. The van der Waals surface area contributed by atoms with Crippen molar-refractivity contribution in [3.63, 3.8) is 0 Å². The number of hydrogen-bond donors (Lipinski definition) is 1. The lowest BCUT2D eigenvalue weighted by Gasteiger charge is -2.11. The number of rotatable bonds is 5. The summed E-state index contributed by atoms with van der Waals surface area (Å²) >= 11 is 7.68. The van der Waals surface area contributed by atoms with Crippen molar-refractivity contribution in [2.75, 3.05) is 4.83 Å². The average Bonchev–Trinajstić information content (AvgIpc) is 3.38. The molecule has 0 atom stereocenters. The molecular weight excluding hydrogens is 475 g/mol. The smallest absolute Gasteiger partial charge is 0.245 e. The number of pyridine rings is 1. The van der Waals surface area contributed by atoms with E-state index < -0.39 is 21.9 Å². The highest BCUT2D eigenvalue weighted by atomic mass is 35.5. The van der Waals surface area contributed by atoms with Gasteiger partial charge in [0.25, 0.3) is 10.0 Å². The lowest BCUT2D eigenvalue weighted by Crippen LogP contribution is -2.26. The van der Waals surface area contributed by atoms with Crippen molar-refractivity contribution >= 4 is 33.0 Å². The summed E-state index contributed by atoms with van der Waals surface area (Å²) in [5, 5.41) is 5.02. The highest BCUT2D eigenvalue weighted by Crippen LogP contribution is 2.35. The van der Waals surface area contributed by atoms with E-state index in [0.29, 0.717) is 16.0 Å². The van der Waals surface area contributed by atoms with Crippen LogP contribution in [-0.4, -0.2) is 28.3 Å². The topological polar surface area (TPSA) is 89.8 Å². The van der Waals surface area contributed by atoms with E-state index in [1.54, 1.807) is 17.0 Å². The maximum atomic E-state index is 13.3. The van der Waals surface area contributed by atoms with Crippen molar-refractivity contribution in [3.05, 3.63) is 70.3 Å². The molecule has 0 spiro atoms. The number of nitrogens with one attached hydrogen (secondary N) is 1. The van der Waals surface area contributed by atoms with Crippen molar-refractivity contribution < 1.29 is 21.6 Å². The molecule has 31 heavy (non-hydrogen) atoms. The number of benzene rings is 1. The zero-order valence-corrected chi connectivity index (χ0v) is 17.6. The molecule has 0 fully saturated rings. The first kappa shape index (κ1) is 21.3. The molecule has 0 saturated carbocycles. The molecule has 1 N–H and O–H groups in total. The Kier molecular flexibility index (Phi) is 5.45. The molecule has 0 aliphatic rings. The molecule has 0 bridgehead atoms. The number of alkyl halides is 3. The van der Waals surface area contributed by atoms with E-state index >= 15 is 0 Å². The van der Waals surface area contributed by atoms with Crippen molar-refractivity contribution in [3.8, 4) is 22.5 Å². The minimum Gasteiger partial charge on any atom is -0.245 e. The zero-order chi connectivity index (χ0) is 22.2. The Morgan fingerprint density at radius 1 is 1.10 bits per heavy atom. The first-order valence-electron chi connectivity index (χ1n) is 8.45. The van der Waals surface area contributed by atoms with Gasteiger partial charge in [-0.05, 0) is 24.3 Å². The van der Waals surface area contributed by atoms with Crippen LogP contribution < -0.4 is 4.83 Å². The Bertz CT molecular complexity index is 1320. The van der Waals surface area contributed by atoms with Crippen molar-refractivity contribution in [1.82, 2.24) is 19.9 Å². The predicted molar refractivity (Wildman–Crippen MR) is 110 cm³/mol. The second-order valence-electron chi connectivity index (χ2n) is 6.16. The van der Waals surface area contributed by atoms with Crippen LogP contribution in [0.25, 0.3) is 22.5 Å². The van der Waals surface area contributed by atoms with E-state index in [0.717, 1.165) is 6.07 Å². The summed E-state index contributed by atoms with van der Waals surface area (Å²) in [5.41, 5.74) is 1.61. The second kappa shape index (κ2) is 7.94. The predicted octanol–water partition coefficient (Wildman–Crippen LogP) is 4.67. The van der Waals surface area contributed by atoms with Crippen LogP contribution in [0.3, 0.4) is 0 Å². The summed E-state index contributed by atoms with van der Waals surface area (Å²) in [4.78, 5) is 10.4. The third-order valence-corrected chi connectivity index (χ3v) is 6.20. The van der Waals surface area contributed by atoms with Crippen LogP contribution in [0.5, 0.6) is 0 Å².